The predicted molar refractivity (Wildman–Crippen MR) is 63.0 cm³/mol. The lowest BCUT2D eigenvalue weighted by molar-refractivity contribution is -0.139. The van der Waals surface area contributed by atoms with Gasteiger partial charge in [0.05, 0.1) is 11.8 Å². The maximum absolute atomic E-state index is 12.0. The van der Waals surface area contributed by atoms with Crippen molar-refractivity contribution in [1.29, 1.82) is 0 Å². The van der Waals surface area contributed by atoms with E-state index in [1.165, 1.54) is 4.90 Å². The maximum Gasteiger partial charge on any atom is 0.233 e. The Morgan fingerprint density at radius 2 is 1.65 bits per heavy atom. The lowest BCUT2D eigenvalue weighted by Crippen LogP contribution is -2.32. The van der Waals surface area contributed by atoms with E-state index in [1.807, 2.05) is 12.2 Å². The molecule has 2 rings (SSSR count). The summed E-state index contributed by atoms with van der Waals surface area (Å²) in [7, 11) is 0. The predicted octanol–water partition coefficient (Wildman–Crippen LogP) is 1.10. The number of allylic oxidation sites excluding steroid dienone is 2. The van der Waals surface area contributed by atoms with Crippen molar-refractivity contribution in [3.05, 3.63) is 12.2 Å². The van der Waals surface area contributed by atoms with Crippen LogP contribution in [-0.2, 0) is 9.59 Å². The summed E-state index contributed by atoms with van der Waals surface area (Å²) >= 11 is 0. The van der Waals surface area contributed by atoms with E-state index < -0.39 is 0 Å². The summed E-state index contributed by atoms with van der Waals surface area (Å²) in [6, 6.07) is 0. The van der Waals surface area contributed by atoms with Gasteiger partial charge in [0, 0.05) is 13.2 Å². The Kier molecular flexibility index (Phi) is 3.94. The smallest absolute Gasteiger partial charge is 0.233 e. The van der Waals surface area contributed by atoms with Gasteiger partial charge in [0.2, 0.25) is 11.8 Å². The maximum atomic E-state index is 12.0. The number of aliphatic hydroxyl groups excluding tert-OH is 1. The van der Waals surface area contributed by atoms with Crippen molar-refractivity contribution in [3.8, 4) is 0 Å². The van der Waals surface area contributed by atoms with E-state index in [2.05, 4.69) is 0 Å². The van der Waals surface area contributed by atoms with Gasteiger partial charge in [-0.3, -0.25) is 14.5 Å². The SMILES string of the molecule is O=C1C2CC=CCC2C(=O)N1CCCCCO. The Morgan fingerprint density at radius 1 is 1.06 bits per heavy atom. The summed E-state index contributed by atoms with van der Waals surface area (Å²) in [6.45, 7) is 0.696. The zero-order valence-corrected chi connectivity index (χ0v) is 9.97. The second-order valence-electron chi connectivity index (χ2n) is 4.77. The Bertz CT molecular complexity index is 312. The first-order valence-corrected chi connectivity index (χ1v) is 6.36. The molecule has 0 aromatic carbocycles. The van der Waals surface area contributed by atoms with Crippen molar-refractivity contribution in [2.45, 2.75) is 32.1 Å². The van der Waals surface area contributed by atoms with Crippen LogP contribution in [0.5, 0.6) is 0 Å². The Hall–Kier alpha value is -1.16. The number of hydrogen-bond donors (Lipinski definition) is 1. The monoisotopic (exact) mass is 237 g/mol. The van der Waals surface area contributed by atoms with Gasteiger partial charge < -0.3 is 5.11 Å². The molecular weight excluding hydrogens is 218 g/mol. The van der Waals surface area contributed by atoms with Crippen LogP contribution in [0.25, 0.3) is 0 Å². The number of aliphatic hydroxyl groups is 1. The topological polar surface area (TPSA) is 57.6 Å². The number of carbonyl (C=O) groups is 2. The van der Waals surface area contributed by atoms with Crippen LogP contribution in [0.1, 0.15) is 32.1 Å². The van der Waals surface area contributed by atoms with Crippen molar-refractivity contribution < 1.29 is 14.7 Å². The molecule has 94 valence electrons. The average molecular weight is 237 g/mol. The average Bonchev–Trinajstić information content (AvgIpc) is 2.60. The van der Waals surface area contributed by atoms with Gasteiger partial charge in [0.25, 0.3) is 0 Å². The van der Waals surface area contributed by atoms with Crippen molar-refractivity contribution >= 4 is 11.8 Å². The standard InChI is InChI=1S/C13H19NO3/c15-9-5-1-4-8-14-12(16)10-6-2-3-7-11(10)13(14)17/h2-3,10-11,15H,1,4-9H2. The minimum Gasteiger partial charge on any atom is -0.396 e. The first kappa shape index (κ1) is 12.3. The summed E-state index contributed by atoms with van der Waals surface area (Å²) in [4.78, 5) is 25.5. The highest BCUT2D eigenvalue weighted by molar-refractivity contribution is 6.05. The molecule has 0 saturated carbocycles. The van der Waals surface area contributed by atoms with Gasteiger partial charge in [0.15, 0.2) is 0 Å². The molecule has 2 atom stereocenters. The summed E-state index contributed by atoms with van der Waals surface area (Å²) in [5.41, 5.74) is 0. The number of carbonyl (C=O) groups excluding carboxylic acids is 2. The highest BCUT2D eigenvalue weighted by atomic mass is 16.3. The third kappa shape index (κ3) is 2.41. The first-order valence-electron chi connectivity index (χ1n) is 6.36. The third-order valence-electron chi connectivity index (χ3n) is 3.64. The Balaban J connectivity index is 1.91. The third-order valence-corrected chi connectivity index (χ3v) is 3.64. The molecule has 0 spiro atoms. The molecule has 2 unspecified atom stereocenters. The van der Waals surface area contributed by atoms with Gasteiger partial charge >= 0.3 is 0 Å². The second kappa shape index (κ2) is 5.45. The second-order valence-corrected chi connectivity index (χ2v) is 4.77. The molecule has 1 saturated heterocycles. The number of rotatable bonds is 5. The van der Waals surface area contributed by atoms with E-state index in [-0.39, 0.29) is 30.3 Å². The highest BCUT2D eigenvalue weighted by Crippen LogP contribution is 2.35. The van der Waals surface area contributed by atoms with Crippen LogP contribution in [0.3, 0.4) is 0 Å². The fourth-order valence-electron chi connectivity index (χ4n) is 2.65. The minimum absolute atomic E-state index is 0.00773. The van der Waals surface area contributed by atoms with Gasteiger partial charge in [-0.15, -0.1) is 0 Å². The summed E-state index contributed by atoms with van der Waals surface area (Å²) in [5, 5.41) is 8.67. The van der Waals surface area contributed by atoms with Crippen LogP contribution in [-0.4, -0.2) is 35.0 Å². The number of amides is 2. The Labute approximate surface area is 101 Å². The fraction of sp³-hybridized carbons (Fsp3) is 0.692. The molecule has 0 bridgehead atoms. The lowest BCUT2D eigenvalue weighted by atomic mass is 9.85. The van der Waals surface area contributed by atoms with Gasteiger partial charge in [-0.2, -0.15) is 0 Å². The van der Waals surface area contributed by atoms with Crippen molar-refractivity contribution in [2.24, 2.45) is 11.8 Å². The quantitative estimate of drug-likeness (QED) is 0.442. The lowest BCUT2D eigenvalue weighted by Gasteiger charge is -2.14. The van der Waals surface area contributed by atoms with Gasteiger partial charge in [-0.05, 0) is 32.1 Å². The molecule has 17 heavy (non-hydrogen) atoms. The molecule has 1 N–H and O–H groups in total. The van der Waals surface area contributed by atoms with Crippen molar-refractivity contribution in [1.82, 2.24) is 4.90 Å². The fourth-order valence-corrected chi connectivity index (χ4v) is 2.65. The van der Waals surface area contributed by atoms with E-state index in [0.717, 1.165) is 19.3 Å². The van der Waals surface area contributed by atoms with E-state index >= 15 is 0 Å². The number of nitrogens with zero attached hydrogens (tertiary/aromatic N) is 1. The largest absolute Gasteiger partial charge is 0.396 e. The molecule has 4 nitrogen and oxygen atoms in total. The van der Waals surface area contributed by atoms with E-state index in [9.17, 15) is 9.59 Å². The number of unbranched alkanes of at least 4 members (excludes halogenated alkanes) is 2. The zero-order valence-electron chi connectivity index (χ0n) is 9.97. The van der Waals surface area contributed by atoms with Crippen LogP contribution in [0, 0.1) is 11.8 Å². The highest BCUT2D eigenvalue weighted by Gasteiger charge is 2.46. The van der Waals surface area contributed by atoms with Crippen LogP contribution in [0.2, 0.25) is 0 Å². The normalized spacial score (nSPS) is 27.7. The summed E-state index contributed by atoms with van der Waals surface area (Å²) in [5.74, 6) is -0.197. The minimum atomic E-state index is -0.106. The molecule has 1 fully saturated rings. The Morgan fingerprint density at radius 3 is 2.18 bits per heavy atom. The van der Waals surface area contributed by atoms with Crippen LogP contribution < -0.4 is 0 Å². The summed E-state index contributed by atoms with van der Waals surface area (Å²) in [6.07, 6.45) is 7.82. The molecule has 0 aromatic heterocycles. The molecule has 1 aliphatic carbocycles. The van der Waals surface area contributed by atoms with Crippen molar-refractivity contribution in [3.63, 3.8) is 0 Å². The number of fused-ring (bicyclic) bond motifs is 1. The van der Waals surface area contributed by atoms with Crippen LogP contribution in [0.4, 0.5) is 0 Å². The van der Waals surface area contributed by atoms with Gasteiger partial charge in [0.1, 0.15) is 0 Å². The number of hydrogen-bond acceptors (Lipinski definition) is 3. The summed E-state index contributed by atoms with van der Waals surface area (Å²) < 4.78 is 0. The van der Waals surface area contributed by atoms with Gasteiger partial charge in [-0.1, -0.05) is 12.2 Å². The molecular formula is C13H19NO3. The van der Waals surface area contributed by atoms with Crippen LogP contribution >= 0.6 is 0 Å². The van der Waals surface area contributed by atoms with Crippen molar-refractivity contribution in [2.75, 3.05) is 13.2 Å². The molecule has 0 aromatic rings. The first-order chi connectivity index (χ1) is 8.25. The molecule has 1 aliphatic heterocycles. The molecule has 4 heteroatoms. The number of imide groups is 1. The van der Waals surface area contributed by atoms with E-state index in [0.29, 0.717) is 19.4 Å². The zero-order chi connectivity index (χ0) is 12.3. The van der Waals surface area contributed by atoms with Crippen LogP contribution in [0.15, 0.2) is 12.2 Å². The van der Waals surface area contributed by atoms with E-state index in [1.54, 1.807) is 0 Å². The number of likely N-dealkylation sites (tertiary alicyclic amines) is 1. The van der Waals surface area contributed by atoms with E-state index in [4.69, 9.17) is 5.11 Å². The molecule has 1 heterocycles. The van der Waals surface area contributed by atoms with Gasteiger partial charge in [-0.25, -0.2) is 0 Å². The molecule has 2 aliphatic rings. The molecule has 2 amide bonds. The molecule has 0 radical (unpaired) electrons.